The molecular weight excluding hydrogens is 224 g/mol. The van der Waals surface area contributed by atoms with Crippen molar-refractivity contribution in [2.45, 2.75) is 12.8 Å². The highest BCUT2D eigenvalue weighted by molar-refractivity contribution is 6.02. The zero-order valence-electron chi connectivity index (χ0n) is 9.13. The molecule has 1 aromatic carbocycles. The summed E-state index contributed by atoms with van der Waals surface area (Å²) in [6, 6.07) is 5.84. The van der Waals surface area contributed by atoms with Crippen LogP contribution in [0.2, 0.25) is 0 Å². The number of benzene rings is 1. The molecule has 2 N–H and O–H groups in total. The Hall–Kier alpha value is -1.88. The number of carboxylic acids is 1. The number of rotatable bonds is 6. The number of carbonyl (C=O) groups excluding carboxylic acids is 1. The Morgan fingerprint density at radius 1 is 1.24 bits per heavy atom. The fraction of sp³-hybridized carbons (Fsp3) is 0.250. The van der Waals surface area contributed by atoms with Gasteiger partial charge in [0.15, 0.2) is 0 Å². The first-order chi connectivity index (χ1) is 8.16. The van der Waals surface area contributed by atoms with Crippen molar-refractivity contribution >= 4 is 11.9 Å². The van der Waals surface area contributed by atoms with Gasteiger partial charge in [0.1, 0.15) is 6.61 Å². The Bertz CT molecular complexity index is 400. The van der Waals surface area contributed by atoms with Gasteiger partial charge >= 0.3 is 11.9 Å². The zero-order valence-corrected chi connectivity index (χ0v) is 9.13. The predicted octanol–water partition coefficient (Wildman–Crippen LogP) is 1.48. The standard InChI is InChI=1S/C12H13O5/c13-7-3-4-8-17-12(16)10-6-2-1-5-9(10)11(14)15/h1-2,5-6,8,13H,3-4,7H2,(H,14,15). The maximum Gasteiger partial charge on any atom is 0.339 e. The van der Waals surface area contributed by atoms with Gasteiger partial charge in [-0.05, 0) is 25.0 Å². The van der Waals surface area contributed by atoms with Crippen LogP contribution in [-0.2, 0) is 4.74 Å². The van der Waals surface area contributed by atoms with Crippen LogP contribution in [0.15, 0.2) is 24.3 Å². The van der Waals surface area contributed by atoms with Crippen molar-refractivity contribution in [3.63, 3.8) is 0 Å². The van der Waals surface area contributed by atoms with Crippen LogP contribution in [-0.4, -0.2) is 28.8 Å². The van der Waals surface area contributed by atoms with E-state index in [0.717, 1.165) is 0 Å². The van der Waals surface area contributed by atoms with Crippen LogP contribution < -0.4 is 0 Å². The summed E-state index contributed by atoms with van der Waals surface area (Å²) in [7, 11) is 0. The van der Waals surface area contributed by atoms with E-state index in [1.807, 2.05) is 0 Å². The van der Waals surface area contributed by atoms with E-state index in [2.05, 4.69) is 0 Å². The second kappa shape index (κ2) is 6.65. The summed E-state index contributed by atoms with van der Waals surface area (Å²) in [6.07, 6.45) is 0.922. The SMILES string of the molecule is O=C(O)c1ccccc1C(=O)O[CH]CCCO. The Labute approximate surface area is 98.6 Å². The number of aromatic carboxylic acids is 1. The molecule has 1 radical (unpaired) electrons. The third-order valence-corrected chi connectivity index (χ3v) is 2.05. The molecule has 0 aliphatic carbocycles. The molecule has 0 saturated heterocycles. The number of esters is 1. The normalized spacial score (nSPS) is 9.94. The largest absolute Gasteiger partial charge is 0.478 e. The summed E-state index contributed by atoms with van der Waals surface area (Å²) in [6.45, 7) is 1.27. The van der Waals surface area contributed by atoms with E-state index >= 15 is 0 Å². The molecule has 17 heavy (non-hydrogen) atoms. The van der Waals surface area contributed by atoms with E-state index in [1.165, 1.54) is 24.8 Å². The van der Waals surface area contributed by atoms with Crippen LogP contribution in [0.25, 0.3) is 0 Å². The lowest BCUT2D eigenvalue weighted by atomic mass is 10.1. The second-order valence-corrected chi connectivity index (χ2v) is 3.29. The molecule has 5 heteroatoms. The number of unbranched alkanes of at least 4 members (excludes halogenated alkanes) is 1. The van der Waals surface area contributed by atoms with Crippen LogP contribution in [0.1, 0.15) is 33.6 Å². The van der Waals surface area contributed by atoms with E-state index in [4.69, 9.17) is 14.9 Å². The lowest BCUT2D eigenvalue weighted by Crippen LogP contribution is -2.10. The van der Waals surface area contributed by atoms with Crippen molar-refractivity contribution in [3.8, 4) is 0 Å². The lowest BCUT2D eigenvalue weighted by Gasteiger charge is -2.05. The van der Waals surface area contributed by atoms with E-state index in [0.29, 0.717) is 12.8 Å². The van der Waals surface area contributed by atoms with Gasteiger partial charge in [-0.25, -0.2) is 9.59 Å². The van der Waals surface area contributed by atoms with E-state index < -0.39 is 11.9 Å². The molecule has 0 amide bonds. The molecule has 0 spiro atoms. The maximum atomic E-state index is 11.6. The number of aliphatic hydroxyl groups excluding tert-OH is 1. The first kappa shape index (κ1) is 13.2. The average molecular weight is 237 g/mol. The predicted molar refractivity (Wildman–Crippen MR) is 59.4 cm³/mol. The molecule has 5 nitrogen and oxygen atoms in total. The van der Waals surface area contributed by atoms with Crippen LogP contribution in [0.3, 0.4) is 0 Å². The highest BCUT2D eigenvalue weighted by atomic mass is 16.5. The topological polar surface area (TPSA) is 83.8 Å². The summed E-state index contributed by atoms with van der Waals surface area (Å²) in [5, 5.41) is 17.4. The Morgan fingerprint density at radius 2 is 1.88 bits per heavy atom. The molecule has 0 heterocycles. The number of aliphatic hydroxyl groups is 1. The highest BCUT2D eigenvalue weighted by Gasteiger charge is 2.16. The van der Waals surface area contributed by atoms with Gasteiger partial charge in [0.25, 0.3) is 0 Å². The molecule has 0 bridgehead atoms. The summed E-state index contributed by atoms with van der Waals surface area (Å²) in [5.41, 5.74) is -0.0756. The van der Waals surface area contributed by atoms with Crippen molar-refractivity contribution < 1.29 is 24.5 Å². The Morgan fingerprint density at radius 3 is 2.47 bits per heavy atom. The molecule has 1 rings (SSSR count). The van der Waals surface area contributed by atoms with Crippen LogP contribution >= 0.6 is 0 Å². The number of ether oxygens (including phenoxy) is 1. The minimum Gasteiger partial charge on any atom is -0.478 e. The van der Waals surface area contributed by atoms with E-state index in [-0.39, 0.29) is 17.7 Å². The minimum atomic E-state index is -1.17. The summed E-state index contributed by atoms with van der Waals surface area (Å²) >= 11 is 0. The summed E-state index contributed by atoms with van der Waals surface area (Å²) in [5.74, 6) is -1.88. The second-order valence-electron chi connectivity index (χ2n) is 3.29. The van der Waals surface area contributed by atoms with Gasteiger partial charge in [-0.3, -0.25) is 0 Å². The van der Waals surface area contributed by atoms with Crippen molar-refractivity contribution in [1.82, 2.24) is 0 Å². The smallest absolute Gasteiger partial charge is 0.339 e. The first-order valence-electron chi connectivity index (χ1n) is 5.12. The molecule has 0 aromatic heterocycles. The fourth-order valence-corrected chi connectivity index (χ4v) is 1.22. The molecular formula is C12H13O5. The van der Waals surface area contributed by atoms with Crippen molar-refractivity contribution in [3.05, 3.63) is 42.0 Å². The van der Waals surface area contributed by atoms with Gasteiger partial charge in [0, 0.05) is 6.61 Å². The lowest BCUT2D eigenvalue weighted by molar-refractivity contribution is 0.0577. The van der Waals surface area contributed by atoms with Gasteiger partial charge in [0.2, 0.25) is 0 Å². The van der Waals surface area contributed by atoms with Crippen molar-refractivity contribution in [2.24, 2.45) is 0 Å². The Kier molecular flexibility index (Phi) is 5.16. The van der Waals surface area contributed by atoms with E-state index in [1.54, 1.807) is 6.07 Å². The number of hydrogen-bond acceptors (Lipinski definition) is 4. The number of hydrogen-bond donors (Lipinski definition) is 2. The molecule has 0 atom stereocenters. The average Bonchev–Trinajstić information content (AvgIpc) is 2.34. The van der Waals surface area contributed by atoms with Crippen molar-refractivity contribution in [1.29, 1.82) is 0 Å². The van der Waals surface area contributed by atoms with Gasteiger partial charge in [-0.1, -0.05) is 12.1 Å². The molecule has 0 aliphatic rings. The first-order valence-corrected chi connectivity index (χ1v) is 5.12. The van der Waals surface area contributed by atoms with Gasteiger partial charge < -0.3 is 14.9 Å². The minimum absolute atomic E-state index is 0.0137. The monoisotopic (exact) mass is 237 g/mol. The quantitative estimate of drug-likeness (QED) is 0.578. The molecule has 0 saturated carbocycles. The molecule has 91 valence electrons. The number of carbonyl (C=O) groups is 2. The van der Waals surface area contributed by atoms with Crippen LogP contribution in [0.4, 0.5) is 0 Å². The fourth-order valence-electron chi connectivity index (χ4n) is 1.22. The van der Waals surface area contributed by atoms with E-state index in [9.17, 15) is 9.59 Å². The third kappa shape index (κ3) is 3.88. The van der Waals surface area contributed by atoms with Crippen molar-refractivity contribution in [2.75, 3.05) is 6.61 Å². The van der Waals surface area contributed by atoms with Crippen LogP contribution in [0, 0.1) is 6.61 Å². The van der Waals surface area contributed by atoms with Gasteiger partial charge in [-0.2, -0.15) is 0 Å². The molecule has 0 fully saturated rings. The highest BCUT2D eigenvalue weighted by Crippen LogP contribution is 2.11. The maximum absolute atomic E-state index is 11.6. The third-order valence-electron chi connectivity index (χ3n) is 2.05. The summed E-state index contributed by atoms with van der Waals surface area (Å²) < 4.78 is 4.78. The summed E-state index contributed by atoms with van der Waals surface area (Å²) in [4.78, 5) is 22.4. The molecule has 0 aliphatic heterocycles. The zero-order chi connectivity index (χ0) is 12.7. The molecule has 0 unspecified atom stereocenters. The van der Waals surface area contributed by atoms with Gasteiger partial charge in [0.05, 0.1) is 11.1 Å². The molecule has 1 aromatic rings. The van der Waals surface area contributed by atoms with Crippen LogP contribution in [0.5, 0.6) is 0 Å². The number of carboxylic acid groups (broad SMARTS) is 1. The van der Waals surface area contributed by atoms with Gasteiger partial charge in [-0.15, -0.1) is 0 Å². The Balaban J connectivity index is 2.65.